The van der Waals surface area contributed by atoms with Crippen LogP contribution in [0.15, 0.2) is 31.0 Å². The quantitative estimate of drug-likeness (QED) is 0.789. The zero-order chi connectivity index (χ0) is 15.1. The predicted octanol–water partition coefficient (Wildman–Crippen LogP) is 2.37. The van der Waals surface area contributed by atoms with Gasteiger partial charge in [-0.2, -0.15) is 0 Å². The van der Waals surface area contributed by atoms with Gasteiger partial charge in [0, 0.05) is 25.9 Å². The van der Waals surface area contributed by atoms with Gasteiger partial charge in [-0.1, -0.05) is 6.08 Å². The highest BCUT2D eigenvalue weighted by atomic mass is 16.5. The molecule has 1 aliphatic carbocycles. The van der Waals surface area contributed by atoms with E-state index in [-0.39, 0.29) is 5.91 Å². The van der Waals surface area contributed by atoms with E-state index in [0.717, 1.165) is 31.5 Å². The fraction of sp³-hybridized carbons (Fsp3) is 0.500. The maximum atomic E-state index is 11.8. The largest absolute Gasteiger partial charge is 0.381 e. The van der Waals surface area contributed by atoms with Crippen molar-refractivity contribution in [1.29, 1.82) is 0 Å². The van der Waals surface area contributed by atoms with E-state index < -0.39 is 0 Å². The molecule has 21 heavy (non-hydrogen) atoms. The van der Waals surface area contributed by atoms with E-state index in [4.69, 9.17) is 4.74 Å². The molecule has 2 unspecified atom stereocenters. The van der Waals surface area contributed by atoms with Crippen LogP contribution in [0.5, 0.6) is 0 Å². The summed E-state index contributed by atoms with van der Waals surface area (Å²) >= 11 is 0. The van der Waals surface area contributed by atoms with E-state index in [9.17, 15) is 4.79 Å². The smallest absolute Gasteiger partial charge is 0.253 e. The molecule has 0 aliphatic heterocycles. The van der Waals surface area contributed by atoms with Gasteiger partial charge in [-0.25, -0.2) is 4.98 Å². The topological polar surface area (TPSA) is 63.2 Å². The van der Waals surface area contributed by atoms with Crippen LogP contribution < -0.4 is 10.6 Å². The second-order valence-corrected chi connectivity index (χ2v) is 5.30. The van der Waals surface area contributed by atoms with Gasteiger partial charge in [-0.3, -0.25) is 4.79 Å². The molecule has 1 aromatic rings. The molecule has 1 heterocycles. The molecule has 0 radical (unpaired) electrons. The molecule has 1 aromatic heterocycles. The van der Waals surface area contributed by atoms with Gasteiger partial charge in [0.15, 0.2) is 0 Å². The zero-order valence-corrected chi connectivity index (χ0v) is 12.5. The Hall–Kier alpha value is -1.88. The number of pyridine rings is 1. The summed E-state index contributed by atoms with van der Waals surface area (Å²) in [6.45, 7) is 4.03. The summed E-state index contributed by atoms with van der Waals surface area (Å²) in [6.07, 6.45) is 8.00. The number of carbonyl (C=O) groups excluding carboxylic acids is 1. The van der Waals surface area contributed by atoms with Crippen LogP contribution in [0.1, 0.15) is 36.0 Å². The maximum Gasteiger partial charge on any atom is 0.253 e. The van der Waals surface area contributed by atoms with E-state index in [0.29, 0.717) is 24.3 Å². The van der Waals surface area contributed by atoms with E-state index in [1.165, 1.54) is 0 Å². The standard InChI is InChI=1S/C16H23N3O2/c1-3-9-17-16(20)12-7-8-15(18-11-12)19-13-5-4-6-14(10-13)21-2/h3,7-8,11,13-14H,1,4-6,9-10H2,2H3,(H,17,20)(H,18,19). The first-order chi connectivity index (χ1) is 10.2. The fourth-order valence-corrected chi connectivity index (χ4v) is 2.58. The average Bonchev–Trinajstić information content (AvgIpc) is 2.53. The molecule has 0 aromatic carbocycles. The second-order valence-electron chi connectivity index (χ2n) is 5.30. The first kappa shape index (κ1) is 15.5. The van der Waals surface area contributed by atoms with Gasteiger partial charge in [-0.15, -0.1) is 6.58 Å². The molecular formula is C16H23N3O2. The lowest BCUT2D eigenvalue weighted by Gasteiger charge is -2.29. The minimum Gasteiger partial charge on any atom is -0.381 e. The number of nitrogens with zero attached hydrogens (tertiary/aromatic N) is 1. The van der Waals surface area contributed by atoms with Crippen LogP contribution in [-0.4, -0.2) is 36.7 Å². The summed E-state index contributed by atoms with van der Waals surface area (Å²) in [7, 11) is 1.77. The minimum atomic E-state index is -0.133. The maximum absolute atomic E-state index is 11.8. The summed E-state index contributed by atoms with van der Waals surface area (Å²) in [5.74, 6) is 0.670. The number of amides is 1. The van der Waals surface area contributed by atoms with Crippen molar-refractivity contribution < 1.29 is 9.53 Å². The molecule has 5 heteroatoms. The van der Waals surface area contributed by atoms with Crippen molar-refractivity contribution in [2.75, 3.05) is 19.0 Å². The molecule has 0 saturated heterocycles. The van der Waals surface area contributed by atoms with Crippen molar-refractivity contribution >= 4 is 11.7 Å². The van der Waals surface area contributed by atoms with Gasteiger partial charge in [-0.05, 0) is 37.8 Å². The summed E-state index contributed by atoms with van der Waals surface area (Å²) in [5, 5.41) is 6.14. The molecule has 1 saturated carbocycles. The van der Waals surface area contributed by atoms with Crippen molar-refractivity contribution in [2.24, 2.45) is 0 Å². The molecule has 0 spiro atoms. The highest BCUT2D eigenvalue weighted by Crippen LogP contribution is 2.23. The third-order valence-corrected chi connectivity index (χ3v) is 3.74. The monoisotopic (exact) mass is 289 g/mol. The summed E-state index contributed by atoms with van der Waals surface area (Å²) in [4.78, 5) is 16.1. The summed E-state index contributed by atoms with van der Waals surface area (Å²) < 4.78 is 5.43. The van der Waals surface area contributed by atoms with E-state index >= 15 is 0 Å². The second kappa shape index (κ2) is 7.78. The fourth-order valence-electron chi connectivity index (χ4n) is 2.58. The molecule has 1 aliphatic rings. The van der Waals surface area contributed by atoms with Gasteiger partial charge in [0.25, 0.3) is 5.91 Å². The molecule has 2 atom stereocenters. The Bertz CT molecular complexity index is 473. The number of anilines is 1. The number of hydrogen-bond acceptors (Lipinski definition) is 4. The van der Waals surface area contributed by atoms with Crippen LogP contribution >= 0.6 is 0 Å². The highest BCUT2D eigenvalue weighted by Gasteiger charge is 2.21. The first-order valence-electron chi connectivity index (χ1n) is 7.37. The van der Waals surface area contributed by atoms with Crippen molar-refractivity contribution in [3.8, 4) is 0 Å². The number of hydrogen-bond donors (Lipinski definition) is 2. The van der Waals surface area contributed by atoms with E-state index in [1.807, 2.05) is 6.07 Å². The normalized spacial score (nSPS) is 21.6. The molecule has 5 nitrogen and oxygen atoms in total. The third kappa shape index (κ3) is 4.56. The van der Waals surface area contributed by atoms with Crippen LogP contribution in [0.25, 0.3) is 0 Å². The Kier molecular flexibility index (Phi) is 5.75. The lowest BCUT2D eigenvalue weighted by molar-refractivity contribution is 0.0669. The SMILES string of the molecule is C=CCNC(=O)c1ccc(NC2CCCC(OC)C2)nc1. The molecule has 0 bridgehead atoms. The minimum absolute atomic E-state index is 0.133. The van der Waals surface area contributed by atoms with Gasteiger partial charge in [0.1, 0.15) is 5.82 Å². The number of methoxy groups -OCH3 is 1. The number of ether oxygens (including phenoxy) is 1. The molecule has 1 fully saturated rings. The average molecular weight is 289 g/mol. The Morgan fingerprint density at radius 1 is 1.52 bits per heavy atom. The molecule has 2 rings (SSSR count). The van der Waals surface area contributed by atoms with Crippen molar-refractivity contribution in [3.05, 3.63) is 36.5 Å². The van der Waals surface area contributed by atoms with Gasteiger partial charge < -0.3 is 15.4 Å². The Balaban J connectivity index is 1.90. The molecule has 1 amide bonds. The number of aromatic nitrogens is 1. The summed E-state index contributed by atoms with van der Waals surface area (Å²) in [5.41, 5.74) is 0.556. The van der Waals surface area contributed by atoms with Gasteiger partial charge in [0.2, 0.25) is 0 Å². The van der Waals surface area contributed by atoms with Crippen molar-refractivity contribution in [2.45, 2.75) is 37.8 Å². The van der Waals surface area contributed by atoms with Crippen LogP contribution in [0.3, 0.4) is 0 Å². The molecule has 2 N–H and O–H groups in total. The number of rotatable bonds is 6. The van der Waals surface area contributed by atoms with Crippen molar-refractivity contribution in [1.82, 2.24) is 10.3 Å². The Labute approximate surface area is 125 Å². The first-order valence-corrected chi connectivity index (χ1v) is 7.37. The number of nitrogens with one attached hydrogen (secondary N) is 2. The lowest BCUT2D eigenvalue weighted by atomic mass is 9.93. The number of carbonyl (C=O) groups is 1. The Morgan fingerprint density at radius 3 is 3.05 bits per heavy atom. The lowest BCUT2D eigenvalue weighted by Crippen LogP contribution is -2.31. The Morgan fingerprint density at radius 2 is 2.38 bits per heavy atom. The molecular weight excluding hydrogens is 266 g/mol. The van der Waals surface area contributed by atoms with Crippen LogP contribution in [0.2, 0.25) is 0 Å². The predicted molar refractivity (Wildman–Crippen MR) is 83.4 cm³/mol. The van der Waals surface area contributed by atoms with E-state index in [2.05, 4.69) is 22.2 Å². The van der Waals surface area contributed by atoms with Gasteiger partial charge >= 0.3 is 0 Å². The zero-order valence-electron chi connectivity index (χ0n) is 12.5. The van der Waals surface area contributed by atoms with E-state index in [1.54, 1.807) is 25.4 Å². The highest BCUT2D eigenvalue weighted by molar-refractivity contribution is 5.94. The van der Waals surface area contributed by atoms with Crippen LogP contribution in [-0.2, 0) is 4.74 Å². The molecule has 114 valence electrons. The summed E-state index contributed by atoms with van der Waals surface area (Å²) in [6, 6.07) is 4.01. The third-order valence-electron chi connectivity index (χ3n) is 3.74. The van der Waals surface area contributed by atoms with Gasteiger partial charge in [0.05, 0.1) is 11.7 Å². The van der Waals surface area contributed by atoms with Crippen LogP contribution in [0, 0.1) is 0 Å². The van der Waals surface area contributed by atoms with Crippen LogP contribution in [0.4, 0.5) is 5.82 Å². The van der Waals surface area contributed by atoms with Crippen molar-refractivity contribution in [3.63, 3.8) is 0 Å².